The second kappa shape index (κ2) is 13.9. The number of unbranched alkanes of at least 4 members (excludes halogenated alkanes) is 2. The minimum Gasteiger partial charge on any atom is -0.493 e. The SMILES string of the molecule is CCCCN1C(=O)C(=C2Sc3ccccc3N2C)SC1=NCCCCOc1ccc(C(C)(C)CC)cc1C(C)(C)CC. The number of para-hydroxylation sites is 1. The molecule has 2 heterocycles. The number of hydrogen-bond acceptors (Lipinski definition) is 6. The van der Waals surface area contributed by atoms with E-state index in [9.17, 15) is 4.79 Å². The van der Waals surface area contributed by atoms with Crippen LogP contribution >= 0.6 is 23.5 Å². The number of carbonyl (C=O) groups is 1. The van der Waals surface area contributed by atoms with Gasteiger partial charge >= 0.3 is 0 Å². The molecule has 2 aliphatic rings. The quantitative estimate of drug-likeness (QED) is 0.168. The number of rotatable bonds is 13. The lowest BCUT2D eigenvalue weighted by Gasteiger charge is -2.30. The zero-order valence-corrected chi connectivity index (χ0v) is 28.5. The average Bonchev–Trinajstić information content (AvgIpc) is 3.48. The Morgan fingerprint density at radius 2 is 1.64 bits per heavy atom. The Morgan fingerprint density at radius 3 is 2.33 bits per heavy atom. The molecule has 2 aromatic carbocycles. The van der Waals surface area contributed by atoms with Gasteiger partial charge < -0.3 is 9.64 Å². The highest BCUT2D eigenvalue weighted by Gasteiger charge is 2.38. The van der Waals surface area contributed by atoms with Crippen LogP contribution < -0.4 is 9.64 Å². The van der Waals surface area contributed by atoms with Crippen LogP contribution in [0.25, 0.3) is 0 Å². The van der Waals surface area contributed by atoms with Crippen molar-refractivity contribution in [2.45, 2.75) is 103 Å². The summed E-state index contributed by atoms with van der Waals surface area (Å²) in [5.41, 5.74) is 4.02. The first kappa shape index (κ1) is 32.5. The number of thioether (sulfide) groups is 2. The molecule has 0 spiro atoms. The Kier molecular flexibility index (Phi) is 10.8. The first-order chi connectivity index (χ1) is 20.0. The van der Waals surface area contributed by atoms with Crippen LogP contribution in [0, 0.1) is 0 Å². The molecule has 7 heteroatoms. The van der Waals surface area contributed by atoms with E-state index in [2.05, 4.69) is 89.8 Å². The summed E-state index contributed by atoms with van der Waals surface area (Å²) in [6.07, 6.45) is 6.00. The van der Waals surface area contributed by atoms with E-state index in [0.29, 0.717) is 19.7 Å². The van der Waals surface area contributed by atoms with E-state index >= 15 is 0 Å². The van der Waals surface area contributed by atoms with E-state index < -0.39 is 0 Å². The van der Waals surface area contributed by atoms with Crippen molar-refractivity contribution in [3.8, 4) is 5.75 Å². The highest BCUT2D eigenvalue weighted by atomic mass is 32.2. The molecule has 0 atom stereocenters. The van der Waals surface area contributed by atoms with Gasteiger partial charge in [-0.05, 0) is 78.5 Å². The molecule has 2 aromatic rings. The van der Waals surface area contributed by atoms with Crippen LogP contribution in [0.2, 0.25) is 0 Å². The van der Waals surface area contributed by atoms with Gasteiger partial charge in [0.2, 0.25) is 0 Å². The molecule has 0 bridgehead atoms. The lowest BCUT2D eigenvalue weighted by atomic mass is 9.76. The van der Waals surface area contributed by atoms with Gasteiger partial charge in [0.15, 0.2) is 5.17 Å². The second-order valence-electron chi connectivity index (χ2n) is 12.6. The largest absolute Gasteiger partial charge is 0.493 e. The van der Waals surface area contributed by atoms with E-state index in [-0.39, 0.29) is 16.7 Å². The molecule has 0 aliphatic carbocycles. The number of hydrogen-bond donors (Lipinski definition) is 0. The third-order valence-electron chi connectivity index (χ3n) is 8.85. The van der Waals surface area contributed by atoms with Gasteiger partial charge in [-0.15, -0.1) is 0 Å². The summed E-state index contributed by atoms with van der Waals surface area (Å²) < 4.78 is 6.38. The van der Waals surface area contributed by atoms with Crippen LogP contribution in [0.5, 0.6) is 5.75 Å². The summed E-state index contributed by atoms with van der Waals surface area (Å²) in [4.78, 5) is 24.5. The molecule has 0 radical (unpaired) electrons. The number of amidine groups is 1. The van der Waals surface area contributed by atoms with Crippen molar-refractivity contribution >= 4 is 40.3 Å². The monoisotopic (exact) mass is 607 g/mol. The van der Waals surface area contributed by atoms with E-state index in [1.54, 1.807) is 11.8 Å². The normalized spacial score (nSPS) is 18.4. The molecule has 2 aliphatic heterocycles. The topological polar surface area (TPSA) is 45.1 Å². The summed E-state index contributed by atoms with van der Waals surface area (Å²) in [5.74, 6) is 1.08. The Balaban J connectivity index is 1.40. The number of ether oxygens (including phenoxy) is 1. The summed E-state index contributed by atoms with van der Waals surface area (Å²) >= 11 is 3.21. The van der Waals surface area contributed by atoms with Crippen molar-refractivity contribution in [2.24, 2.45) is 4.99 Å². The molecule has 1 saturated heterocycles. The van der Waals surface area contributed by atoms with Gasteiger partial charge in [-0.3, -0.25) is 14.7 Å². The molecule has 4 rings (SSSR count). The number of anilines is 1. The van der Waals surface area contributed by atoms with E-state index in [0.717, 1.165) is 65.1 Å². The molecular formula is C35H49N3O2S2. The minimum atomic E-state index is 0.0502. The van der Waals surface area contributed by atoms with Crippen molar-refractivity contribution < 1.29 is 9.53 Å². The van der Waals surface area contributed by atoms with Gasteiger partial charge in [-0.1, -0.05) is 90.9 Å². The predicted octanol–water partition coefficient (Wildman–Crippen LogP) is 9.36. The molecule has 0 unspecified atom stereocenters. The van der Waals surface area contributed by atoms with Gasteiger partial charge in [-0.2, -0.15) is 0 Å². The van der Waals surface area contributed by atoms with Gasteiger partial charge in [-0.25, -0.2) is 0 Å². The van der Waals surface area contributed by atoms with Crippen molar-refractivity contribution in [1.82, 2.24) is 4.90 Å². The van der Waals surface area contributed by atoms with E-state index in [1.165, 1.54) is 27.8 Å². The Labute approximate surface area is 262 Å². The Morgan fingerprint density at radius 1 is 0.905 bits per heavy atom. The van der Waals surface area contributed by atoms with Crippen molar-refractivity contribution in [3.63, 3.8) is 0 Å². The maximum atomic E-state index is 13.5. The smallest absolute Gasteiger partial charge is 0.269 e. The lowest BCUT2D eigenvalue weighted by Crippen LogP contribution is -2.31. The van der Waals surface area contributed by atoms with Crippen molar-refractivity contribution in [1.29, 1.82) is 0 Å². The number of aliphatic imine (C=N–C) groups is 1. The molecule has 228 valence electrons. The number of benzene rings is 2. The first-order valence-corrected chi connectivity index (χ1v) is 17.2. The third-order valence-corrected chi connectivity index (χ3v) is 11.3. The van der Waals surface area contributed by atoms with Crippen molar-refractivity contribution in [2.75, 3.05) is 31.6 Å². The van der Waals surface area contributed by atoms with Gasteiger partial charge in [0.05, 0.1) is 17.3 Å². The summed E-state index contributed by atoms with van der Waals surface area (Å²) in [5, 5.41) is 1.84. The van der Waals surface area contributed by atoms with Crippen LogP contribution in [0.3, 0.4) is 0 Å². The van der Waals surface area contributed by atoms with Crippen LogP contribution in [-0.4, -0.2) is 42.7 Å². The summed E-state index contributed by atoms with van der Waals surface area (Å²) in [6, 6.07) is 15.1. The fraction of sp³-hybridized carbons (Fsp3) is 0.543. The van der Waals surface area contributed by atoms with E-state index in [1.807, 2.05) is 18.0 Å². The summed E-state index contributed by atoms with van der Waals surface area (Å²) in [7, 11) is 2.05. The van der Waals surface area contributed by atoms with Crippen molar-refractivity contribution in [3.05, 3.63) is 63.5 Å². The lowest BCUT2D eigenvalue weighted by molar-refractivity contribution is -0.122. The maximum absolute atomic E-state index is 13.5. The van der Waals surface area contributed by atoms with Gasteiger partial charge in [0.1, 0.15) is 10.7 Å². The minimum absolute atomic E-state index is 0.0502. The highest BCUT2D eigenvalue weighted by molar-refractivity contribution is 8.19. The van der Waals surface area contributed by atoms with E-state index in [4.69, 9.17) is 9.73 Å². The first-order valence-electron chi connectivity index (χ1n) is 15.6. The van der Waals surface area contributed by atoms with Crippen LogP contribution in [0.1, 0.15) is 98.1 Å². The molecular weight excluding hydrogens is 559 g/mol. The molecule has 0 saturated carbocycles. The molecule has 42 heavy (non-hydrogen) atoms. The van der Waals surface area contributed by atoms with Crippen LogP contribution in [-0.2, 0) is 15.6 Å². The molecule has 1 fully saturated rings. The summed E-state index contributed by atoms with van der Waals surface area (Å²) in [6.45, 7) is 18.0. The Bertz CT molecular complexity index is 1330. The predicted molar refractivity (Wildman–Crippen MR) is 182 cm³/mol. The third kappa shape index (κ3) is 7.05. The van der Waals surface area contributed by atoms with Gasteiger partial charge in [0.25, 0.3) is 5.91 Å². The fourth-order valence-electron chi connectivity index (χ4n) is 5.04. The Hall–Kier alpha value is -2.38. The van der Waals surface area contributed by atoms with Crippen LogP contribution in [0.15, 0.2) is 62.3 Å². The standard InChI is InChI=1S/C35H49N3O2S2/c1-9-12-22-38-31(39)30(32-37(8)27-17-13-14-18-29(27)41-32)42-33(38)36-21-15-16-23-40-28-20-19-25(34(4,5)10-2)24-26(28)35(6,7)11-3/h13-14,17-20,24H,9-12,15-16,21-23H2,1-8H3. The number of nitrogens with zero attached hydrogens (tertiary/aromatic N) is 3. The fourth-order valence-corrected chi connectivity index (χ4v) is 7.41. The number of fused-ring (bicyclic) bond motifs is 1. The molecule has 0 aromatic heterocycles. The molecule has 0 N–H and O–H groups in total. The number of amides is 1. The molecule has 1 amide bonds. The van der Waals surface area contributed by atoms with Crippen LogP contribution in [0.4, 0.5) is 5.69 Å². The number of carbonyl (C=O) groups excluding carboxylic acids is 1. The maximum Gasteiger partial charge on any atom is 0.269 e. The molecule has 5 nitrogen and oxygen atoms in total. The highest BCUT2D eigenvalue weighted by Crippen LogP contribution is 2.49. The second-order valence-corrected chi connectivity index (χ2v) is 14.6. The zero-order valence-electron chi connectivity index (χ0n) is 26.9. The van der Waals surface area contributed by atoms with Gasteiger partial charge in [0, 0.05) is 30.6 Å². The zero-order chi connectivity index (χ0) is 30.5. The average molecular weight is 608 g/mol.